The van der Waals surface area contributed by atoms with Crippen LogP contribution in [-0.4, -0.2) is 89.5 Å². The van der Waals surface area contributed by atoms with Gasteiger partial charge in [-0.3, -0.25) is 9.69 Å². The first-order valence-electron chi connectivity index (χ1n) is 9.77. The second-order valence-electron chi connectivity index (χ2n) is 8.24. The van der Waals surface area contributed by atoms with Crippen molar-refractivity contribution < 1.29 is 9.53 Å². The maximum Gasteiger partial charge on any atom is 0.320 e. The SMILES string of the molecule is CC(C)(C)c1ccc(=O)n(CCN2CCN(C(=O)N3CCOCC3)CC2)n1. The second kappa shape index (κ2) is 8.39. The van der Waals surface area contributed by atoms with Gasteiger partial charge < -0.3 is 14.5 Å². The molecule has 8 heteroatoms. The van der Waals surface area contributed by atoms with Crippen LogP contribution < -0.4 is 5.56 Å². The van der Waals surface area contributed by atoms with Crippen LogP contribution in [0, 0.1) is 0 Å². The number of ether oxygens (including phenoxy) is 1. The van der Waals surface area contributed by atoms with Gasteiger partial charge in [0.25, 0.3) is 5.56 Å². The molecule has 0 radical (unpaired) electrons. The Hall–Kier alpha value is -1.93. The Morgan fingerprint density at radius 3 is 2.26 bits per heavy atom. The summed E-state index contributed by atoms with van der Waals surface area (Å²) >= 11 is 0. The molecule has 0 saturated carbocycles. The topological polar surface area (TPSA) is 70.9 Å². The predicted octanol–water partition coefficient (Wildman–Crippen LogP) is 0.611. The second-order valence-corrected chi connectivity index (χ2v) is 8.24. The minimum Gasteiger partial charge on any atom is -0.378 e. The van der Waals surface area contributed by atoms with Crippen molar-refractivity contribution in [2.24, 2.45) is 0 Å². The van der Waals surface area contributed by atoms with E-state index in [1.165, 1.54) is 0 Å². The van der Waals surface area contributed by atoms with E-state index < -0.39 is 0 Å². The summed E-state index contributed by atoms with van der Waals surface area (Å²) in [7, 11) is 0. The van der Waals surface area contributed by atoms with Crippen molar-refractivity contribution in [3.05, 3.63) is 28.2 Å². The number of aromatic nitrogens is 2. The molecular formula is C19H31N5O3. The van der Waals surface area contributed by atoms with E-state index in [0.717, 1.165) is 38.4 Å². The largest absolute Gasteiger partial charge is 0.378 e. The zero-order valence-electron chi connectivity index (χ0n) is 16.7. The third kappa shape index (κ3) is 5.07. The average Bonchev–Trinajstić information content (AvgIpc) is 2.67. The Bertz CT molecular complexity index is 698. The van der Waals surface area contributed by atoms with Crippen LogP contribution in [-0.2, 0) is 16.7 Å². The van der Waals surface area contributed by atoms with Crippen LogP contribution in [0.1, 0.15) is 26.5 Å². The third-order valence-corrected chi connectivity index (χ3v) is 5.19. The zero-order valence-corrected chi connectivity index (χ0v) is 16.7. The Kier molecular flexibility index (Phi) is 6.16. The Balaban J connectivity index is 1.50. The van der Waals surface area contributed by atoms with Crippen molar-refractivity contribution in [1.29, 1.82) is 0 Å². The van der Waals surface area contributed by atoms with Gasteiger partial charge in [0.1, 0.15) is 0 Å². The summed E-state index contributed by atoms with van der Waals surface area (Å²) in [6.07, 6.45) is 0. The molecule has 0 atom stereocenters. The fourth-order valence-electron chi connectivity index (χ4n) is 3.36. The lowest BCUT2D eigenvalue weighted by Crippen LogP contribution is -2.55. The first-order valence-corrected chi connectivity index (χ1v) is 9.77. The Morgan fingerprint density at radius 1 is 1.00 bits per heavy atom. The van der Waals surface area contributed by atoms with Crippen LogP contribution in [0.4, 0.5) is 4.79 Å². The highest BCUT2D eigenvalue weighted by molar-refractivity contribution is 5.74. The highest BCUT2D eigenvalue weighted by Crippen LogP contribution is 2.18. The van der Waals surface area contributed by atoms with Gasteiger partial charge in [0.2, 0.25) is 0 Å². The summed E-state index contributed by atoms with van der Waals surface area (Å²) < 4.78 is 6.87. The molecular weight excluding hydrogens is 346 g/mol. The molecule has 150 valence electrons. The molecule has 0 N–H and O–H groups in total. The number of rotatable bonds is 3. The van der Waals surface area contributed by atoms with Crippen LogP contribution in [0.15, 0.2) is 16.9 Å². The number of amides is 2. The van der Waals surface area contributed by atoms with Gasteiger partial charge in [0.05, 0.1) is 25.5 Å². The van der Waals surface area contributed by atoms with E-state index in [4.69, 9.17) is 4.74 Å². The molecule has 2 saturated heterocycles. The highest BCUT2D eigenvalue weighted by atomic mass is 16.5. The van der Waals surface area contributed by atoms with Crippen molar-refractivity contribution >= 4 is 6.03 Å². The van der Waals surface area contributed by atoms with E-state index in [0.29, 0.717) is 32.8 Å². The summed E-state index contributed by atoms with van der Waals surface area (Å²) in [5.74, 6) is 0. The minimum absolute atomic E-state index is 0.0656. The average molecular weight is 377 g/mol. The van der Waals surface area contributed by atoms with Crippen molar-refractivity contribution in [2.45, 2.75) is 32.7 Å². The quantitative estimate of drug-likeness (QED) is 0.772. The van der Waals surface area contributed by atoms with Crippen LogP contribution >= 0.6 is 0 Å². The van der Waals surface area contributed by atoms with E-state index in [2.05, 4.69) is 30.8 Å². The van der Waals surface area contributed by atoms with Gasteiger partial charge in [-0.15, -0.1) is 0 Å². The van der Waals surface area contributed by atoms with Gasteiger partial charge in [-0.25, -0.2) is 9.48 Å². The summed E-state index contributed by atoms with van der Waals surface area (Å²) in [6.45, 7) is 13.3. The summed E-state index contributed by atoms with van der Waals surface area (Å²) in [4.78, 5) is 30.7. The van der Waals surface area contributed by atoms with Crippen molar-refractivity contribution in [1.82, 2.24) is 24.5 Å². The zero-order chi connectivity index (χ0) is 19.4. The molecule has 3 heterocycles. The highest BCUT2D eigenvalue weighted by Gasteiger charge is 2.26. The summed E-state index contributed by atoms with van der Waals surface area (Å²) in [5, 5.41) is 4.53. The fraction of sp³-hybridized carbons (Fsp3) is 0.737. The summed E-state index contributed by atoms with van der Waals surface area (Å²) in [5.41, 5.74) is 0.771. The van der Waals surface area contributed by atoms with Gasteiger partial charge in [0.15, 0.2) is 0 Å². The predicted molar refractivity (Wildman–Crippen MR) is 103 cm³/mol. The molecule has 27 heavy (non-hydrogen) atoms. The molecule has 1 aromatic heterocycles. The van der Waals surface area contributed by atoms with Crippen molar-refractivity contribution in [3.63, 3.8) is 0 Å². The Morgan fingerprint density at radius 2 is 1.63 bits per heavy atom. The first kappa shape index (κ1) is 19.8. The number of nitrogens with zero attached hydrogens (tertiary/aromatic N) is 5. The van der Waals surface area contributed by atoms with Gasteiger partial charge in [0, 0.05) is 57.3 Å². The van der Waals surface area contributed by atoms with Crippen LogP contribution in [0.2, 0.25) is 0 Å². The van der Waals surface area contributed by atoms with E-state index >= 15 is 0 Å². The van der Waals surface area contributed by atoms with E-state index in [9.17, 15) is 9.59 Å². The maximum atomic E-state index is 12.5. The molecule has 8 nitrogen and oxygen atoms in total. The number of hydrogen-bond acceptors (Lipinski definition) is 5. The number of hydrogen-bond donors (Lipinski definition) is 0. The van der Waals surface area contributed by atoms with Gasteiger partial charge >= 0.3 is 6.03 Å². The molecule has 0 aromatic carbocycles. The number of urea groups is 1. The fourth-order valence-corrected chi connectivity index (χ4v) is 3.36. The number of carbonyl (C=O) groups excluding carboxylic acids is 1. The first-order chi connectivity index (χ1) is 12.8. The van der Waals surface area contributed by atoms with Gasteiger partial charge in [-0.05, 0) is 6.07 Å². The normalized spacial score (nSPS) is 19.4. The molecule has 0 unspecified atom stereocenters. The Labute approximate surface area is 160 Å². The third-order valence-electron chi connectivity index (χ3n) is 5.19. The van der Waals surface area contributed by atoms with Crippen molar-refractivity contribution in [2.75, 3.05) is 59.0 Å². The van der Waals surface area contributed by atoms with Gasteiger partial charge in [-0.2, -0.15) is 5.10 Å². The maximum absolute atomic E-state index is 12.5. The lowest BCUT2D eigenvalue weighted by molar-refractivity contribution is 0.0374. The minimum atomic E-state index is -0.0824. The van der Waals surface area contributed by atoms with Crippen LogP contribution in [0.3, 0.4) is 0 Å². The number of carbonyl (C=O) groups is 1. The van der Waals surface area contributed by atoms with Crippen LogP contribution in [0.25, 0.3) is 0 Å². The monoisotopic (exact) mass is 377 g/mol. The molecule has 0 bridgehead atoms. The van der Waals surface area contributed by atoms with Crippen molar-refractivity contribution in [3.8, 4) is 0 Å². The molecule has 1 aromatic rings. The molecule has 0 aliphatic carbocycles. The molecule has 2 aliphatic heterocycles. The number of piperazine rings is 1. The van der Waals surface area contributed by atoms with E-state index in [1.54, 1.807) is 10.7 Å². The lowest BCUT2D eigenvalue weighted by Gasteiger charge is -2.38. The van der Waals surface area contributed by atoms with Gasteiger partial charge in [-0.1, -0.05) is 20.8 Å². The molecule has 2 aliphatic rings. The molecule has 2 amide bonds. The summed E-state index contributed by atoms with van der Waals surface area (Å²) in [6, 6.07) is 3.54. The van der Waals surface area contributed by atoms with Crippen LogP contribution in [0.5, 0.6) is 0 Å². The molecule has 3 rings (SSSR count). The standard InChI is InChI=1S/C19H31N5O3/c1-19(2,3)16-4-5-17(25)24(20-16)11-8-21-6-9-22(10-7-21)18(26)23-12-14-27-15-13-23/h4-5H,6-15H2,1-3H3. The smallest absolute Gasteiger partial charge is 0.320 e. The number of morpholine rings is 1. The van der Waals surface area contributed by atoms with E-state index in [-0.39, 0.29) is 17.0 Å². The molecule has 2 fully saturated rings. The molecule has 0 spiro atoms. The lowest BCUT2D eigenvalue weighted by atomic mass is 9.92. The van der Waals surface area contributed by atoms with E-state index in [1.807, 2.05) is 15.9 Å².